The predicted molar refractivity (Wildman–Crippen MR) is 252 cm³/mol. The molecule has 8 aromatic carbocycles. The van der Waals surface area contributed by atoms with Crippen LogP contribution in [0.4, 0.5) is 11.4 Å². The molecule has 60 heavy (non-hydrogen) atoms. The van der Waals surface area contributed by atoms with Gasteiger partial charge in [-0.1, -0.05) is 176 Å². The van der Waals surface area contributed by atoms with Crippen LogP contribution in [0.1, 0.15) is 34.3 Å². The fraction of sp³-hybridized carbons (Fsp3) is 0.0357. The Hall–Kier alpha value is -7.82. The van der Waals surface area contributed by atoms with E-state index in [1.807, 2.05) is 6.07 Å². The van der Waals surface area contributed by atoms with E-state index in [1.165, 1.54) is 49.4 Å². The van der Waals surface area contributed by atoms with Crippen LogP contribution in [0.5, 0.6) is 0 Å². The van der Waals surface area contributed by atoms with Gasteiger partial charge in [0.15, 0.2) is 0 Å². The first-order chi connectivity index (χ1) is 29.7. The van der Waals surface area contributed by atoms with E-state index in [9.17, 15) is 0 Å². The quantitative estimate of drug-likeness (QED) is 0.171. The molecule has 2 aliphatic rings. The van der Waals surface area contributed by atoms with E-state index in [2.05, 4.69) is 211 Å². The van der Waals surface area contributed by atoms with Gasteiger partial charge in [0.2, 0.25) is 0 Å². The van der Waals surface area contributed by atoms with Crippen LogP contribution < -0.4 is 10.6 Å². The average Bonchev–Trinajstić information content (AvgIpc) is 3.33. The van der Waals surface area contributed by atoms with E-state index >= 15 is 0 Å². The van der Waals surface area contributed by atoms with Crippen LogP contribution in [0.2, 0.25) is 0 Å². The van der Waals surface area contributed by atoms with Gasteiger partial charge in [-0.25, -0.2) is 9.97 Å². The molecule has 282 valence electrons. The molecule has 0 bridgehead atoms. The first-order valence-electron chi connectivity index (χ1n) is 20.6. The Morgan fingerprint density at radius 3 is 1.87 bits per heavy atom. The third-order valence-electron chi connectivity index (χ3n) is 12.3. The Morgan fingerprint density at radius 2 is 1.03 bits per heavy atom. The first kappa shape index (κ1) is 34.2. The van der Waals surface area contributed by atoms with Gasteiger partial charge in [0, 0.05) is 27.6 Å². The number of hydrogen-bond acceptors (Lipinski definition) is 4. The Kier molecular flexibility index (Phi) is 7.95. The van der Waals surface area contributed by atoms with Crippen LogP contribution in [0.3, 0.4) is 0 Å². The second kappa shape index (κ2) is 13.9. The number of pyridine rings is 2. The molecule has 0 saturated carbocycles. The molecule has 2 unspecified atom stereocenters. The summed E-state index contributed by atoms with van der Waals surface area (Å²) in [6.45, 7) is 0. The lowest BCUT2D eigenvalue weighted by Gasteiger charge is -2.26. The minimum absolute atomic E-state index is 0.0370. The minimum Gasteiger partial charge on any atom is -0.374 e. The lowest BCUT2D eigenvalue weighted by molar-refractivity contribution is 0.953. The van der Waals surface area contributed by atoms with E-state index in [4.69, 9.17) is 9.97 Å². The van der Waals surface area contributed by atoms with Crippen molar-refractivity contribution in [2.75, 3.05) is 10.6 Å². The van der Waals surface area contributed by atoms with Gasteiger partial charge >= 0.3 is 0 Å². The molecule has 4 heterocycles. The van der Waals surface area contributed by atoms with Crippen molar-refractivity contribution in [3.63, 3.8) is 0 Å². The Balaban J connectivity index is 0.802. The van der Waals surface area contributed by atoms with Crippen LogP contribution in [-0.4, -0.2) is 9.97 Å². The highest BCUT2D eigenvalue weighted by molar-refractivity contribution is 6.14. The van der Waals surface area contributed by atoms with Crippen LogP contribution in [0.15, 0.2) is 194 Å². The van der Waals surface area contributed by atoms with Crippen molar-refractivity contribution in [2.24, 2.45) is 0 Å². The smallest absolute Gasteiger partial charge is 0.0947 e. The maximum absolute atomic E-state index is 5.24. The van der Waals surface area contributed by atoms with Crippen LogP contribution in [0, 0.1) is 0 Å². The Labute approximate surface area is 348 Å². The fourth-order valence-corrected chi connectivity index (χ4v) is 9.11. The second-order valence-corrected chi connectivity index (χ2v) is 15.9. The SMILES string of the molecule is C1=CC(c2ccc(C3C=Cc4ccc5ccc(-c6ccccc6)nc5c4N3)cc2)Nc2cc(-c3ccc4ccc(-c5cc6ccccc6c6ccccc56)cc4n3)ccc21. The van der Waals surface area contributed by atoms with Crippen molar-refractivity contribution in [1.29, 1.82) is 0 Å². The van der Waals surface area contributed by atoms with Crippen molar-refractivity contribution in [3.8, 4) is 33.6 Å². The number of benzene rings is 8. The van der Waals surface area contributed by atoms with Crippen molar-refractivity contribution >= 4 is 66.9 Å². The van der Waals surface area contributed by atoms with E-state index in [-0.39, 0.29) is 12.1 Å². The molecular weight excluding hydrogens is 729 g/mol. The van der Waals surface area contributed by atoms with Gasteiger partial charge < -0.3 is 10.6 Å². The lowest BCUT2D eigenvalue weighted by Crippen LogP contribution is -2.14. The number of nitrogens with one attached hydrogen (secondary N) is 2. The van der Waals surface area contributed by atoms with Crippen molar-refractivity contribution in [1.82, 2.24) is 9.97 Å². The Bertz CT molecular complexity index is 3380. The monoisotopic (exact) mass is 766 g/mol. The molecule has 0 radical (unpaired) electrons. The highest BCUT2D eigenvalue weighted by atomic mass is 14.9. The molecule has 0 amide bonds. The summed E-state index contributed by atoms with van der Waals surface area (Å²) in [6.07, 6.45) is 8.94. The summed E-state index contributed by atoms with van der Waals surface area (Å²) in [5, 5.41) is 14.9. The zero-order chi connectivity index (χ0) is 39.6. The van der Waals surface area contributed by atoms with E-state index < -0.39 is 0 Å². The van der Waals surface area contributed by atoms with Crippen molar-refractivity contribution < 1.29 is 0 Å². The summed E-state index contributed by atoms with van der Waals surface area (Å²) in [5.41, 5.74) is 15.4. The topological polar surface area (TPSA) is 49.8 Å². The summed E-state index contributed by atoms with van der Waals surface area (Å²) in [5.74, 6) is 0. The number of rotatable bonds is 5. The average molecular weight is 767 g/mol. The molecule has 4 heteroatoms. The van der Waals surface area contributed by atoms with Gasteiger partial charge in [-0.05, 0) is 85.3 Å². The standard InChI is InChI=1S/C56H38N4/c1-2-8-35(9-3-1)50-30-26-40-20-21-41-27-31-51(60-56(41)55(40)59-50)37-16-14-36(15-17-37)49-28-24-39-19-23-44(34-54(39)57-49)52-29-25-38-18-22-43(33-53(38)58-52)48-32-42-10-4-5-11-45(42)46-12-6-7-13-47(46)48/h1-34,49,51,57,60H. The summed E-state index contributed by atoms with van der Waals surface area (Å²) < 4.78 is 0. The second-order valence-electron chi connectivity index (χ2n) is 15.9. The molecule has 0 fully saturated rings. The molecule has 2 atom stereocenters. The fourth-order valence-electron chi connectivity index (χ4n) is 9.11. The summed E-state index contributed by atoms with van der Waals surface area (Å²) in [4.78, 5) is 10.4. The van der Waals surface area contributed by atoms with Crippen molar-refractivity contribution in [2.45, 2.75) is 12.1 Å². The highest BCUT2D eigenvalue weighted by Gasteiger charge is 2.20. The maximum Gasteiger partial charge on any atom is 0.0947 e. The molecule has 0 saturated heterocycles. The van der Waals surface area contributed by atoms with Gasteiger partial charge in [0.25, 0.3) is 0 Å². The number of fused-ring (bicyclic) bond motifs is 8. The molecular formula is C56H38N4. The van der Waals surface area contributed by atoms with Crippen molar-refractivity contribution in [3.05, 3.63) is 216 Å². The zero-order valence-corrected chi connectivity index (χ0v) is 32.7. The van der Waals surface area contributed by atoms with Crippen LogP contribution >= 0.6 is 0 Å². The molecule has 4 nitrogen and oxygen atoms in total. The number of nitrogens with zero attached hydrogens (tertiary/aromatic N) is 2. The van der Waals surface area contributed by atoms with E-state index in [0.29, 0.717) is 0 Å². The number of hydrogen-bond donors (Lipinski definition) is 2. The zero-order valence-electron chi connectivity index (χ0n) is 32.7. The third-order valence-corrected chi connectivity index (χ3v) is 12.3. The third kappa shape index (κ3) is 5.92. The number of aromatic nitrogens is 2. The molecule has 2 aliphatic heterocycles. The molecule has 2 N–H and O–H groups in total. The Morgan fingerprint density at radius 1 is 0.400 bits per heavy atom. The van der Waals surface area contributed by atoms with Gasteiger partial charge in [0.1, 0.15) is 0 Å². The van der Waals surface area contributed by atoms with E-state index in [0.717, 1.165) is 61.3 Å². The van der Waals surface area contributed by atoms with Gasteiger partial charge in [-0.15, -0.1) is 0 Å². The largest absolute Gasteiger partial charge is 0.374 e. The molecule has 0 aliphatic carbocycles. The first-order valence-corrected chi connectivity index (χ1v) is 20.6. The van der Waals surface area contributed by atoms with Crippen LogP contribution in [-0.2, 0) is 0 Å². The molecule has 2 aromatic heterocycles. The molecule has 0 spiro atoms. The summed E-state index contributed by atoms with van der Waals surface area (Å²) in [6, 6.07) is 65.3. The minimum atomic E-state index is 0.0370. The summed E-state index contributed by atoms with van der Waals surface area (Å²) >= 11 is 0. The number of anilines is 2. The highest BCUT2D eigenvalue weighted by Crippen LogP contribution is 2.39. The maximum atomic E-state index is 5.24. The van der Waals surface area contributed by atoms with Crippen LogP contribution in [0.25, 0.3) is 89.1 Å². The molecule has 12 rings (SSSR count). The van der Waals surface area contributed by atoms with E-state index in [1.54, 1.807) is 0 Å². The summed E-state index contributed by atoms with van der Waals surface area (Å²) in [7, 11) is 0. The van der Waals surface area contributed by atoms with Gasteiger partial charge in [-0.3, -0.25) is 0 Å². The predicted octanol–water partition coefficient (Wildman–Crippen LogP) is 14.5. The normalized spacial score (nSPS) is 15.5. The van der Waals surface area contributed by atoms with Gasteiger partial charge in [0.05, 0.1) is 40.2 Å². The lowest BCUT2D eigenvalue weighted by atomic mass is 9.93. The van der Waals surface area contributed by atoms with Gasteiger partial charge in [-0.2, -0.15) is 0 Å². The molecule has 10 aromatic rings.